The summed E-state index contributed by atoms with van der Waals surface area (Å²) < 4.78 is 25.9. The summed E-state index contributed by atoms with van der Waals surface area (Å²) in [5.41, 5.74) is 0.805. The Bertz CT molecular complexity index is 623. The summed E-state index contributed by atoms with van der Waals surface area (Å²) in [5.74, 6) is -0.363. The molecule has 0 unspecified atom stereocenters. The molecule has 3 rings (SSSR count). The van der Waals surface area contributed by atoms with Crippen LogP contribution in [0.3, 0.4) is 0 Å². The van der Waals surface area contributed by atoms with Crippen molar-refractivity contribution in [3.05, 3.63) is 24.3 Å². The van der Waals surface area contributed by atoms with E-state index in [1.807, 2.05) is 27.7 Å². The molecule has 1 saturated heterocycles. The molecule has 6 heteroatoms. The first-order valence-corrected chi connectivity index (χ1v) is 6.28. The highest BCUT2D eigenvalue weighted by Gasteiger charge is 2.52. The second-order valence-corrected chi connectivity index (χ2v) is 5.88. The minimum Gasteiger partial charge on any atom is -0.399 e. The predicted molar refractivity (Wildman–Crippen MR) is 71.8 cm³/mol. The minimum atomic E-state index is -0.697. The van der Waals surface area contributed by atoms with E-state index in [1.165, 1.54) is 12.4 Å². The molecule has 0 amide bonds. The van der Waals surface area contributed by atoms with Crippen molar-refractivity contribution in [3.8, 4) is 0 Å². The molecule has 0 spiro atoms. The van der Waals surface area contributed by atoms with Gasteiger partial charge in [-0.3, -0.25) is 0 Å². The Morgan fingerprint density at radius 1 is 1.16 bits per heavy atom. The Labute approximate surface area is 111 Å². The van der Waals surface area contributed by atoms with Crippen molar-refractivity contribution in [2.45, 2.75) is 38.9 Å². The fraction of sp³-hybridized carbons (Fsp3) is 0.462. The van der Waals surface area contributed by atoms with Gasteiger partial charge in [0.25, 0.3) is 0 Å². The van der Waals surface area contributed by atoms with Crippen LogP contribution in [0.25, 0.3) is 11.0 Å². The smallest absolute Gasteiger partial charge is 0.399 e. The van der Waals surface area contributed by atoms with Crippen LogP contribution in [0.5, 0.6) is 0 Å². The van der Waals surface area contributed by atoms with Crippen LogP contribution < -0.4 is 5.46 Å². The Morgan fingerprint density at radius 3 is 2.42 bits per heavy atom. The molecule has 0 radical (unpaired) electrons. The van der Waals surface area contributed by atoms with Crippen LogP contribution in [0.15, 0.2) is 18.5 Å². The number of fused-ring (bicyclic) bond motifs is 1. The number of benzene rings is 1. The number of halogens is 1. The first kappa shape index (κ1) is 12.6. The maximum Gasteiger partial charge on any atom is 0.497 e. The van der Waals surface area contributed by atoms with E-state index in [0.29, 0.717) is 11.0 Å². The molecule has 0 saturated carbocycles. The lowest BCUT2D eigenvalue weighted by molar-refractivity contribution is 0.00578. The average Bonchev–Trinajstić information content (AvgIpc) is 2.80. The Balaban J connectivity index is 2.04. The number of aromatic nitrogens is 2. The van der Waals surface area contributed by atoms with Gasteiger partial charge in [-0.15, -0.1) is 0 Å². The largest absolute Gasteiger partial charge is 0.497 e. The number of hydrogen-bond acceptors (Lipinski definition) is 3. The fourth-order valence-corrected chi connectivity index (χ4v) is 2.12. The number of rotatable bonds is 1. The zero-order chi connectivity index (χ0) is 13.8. The second kappa shape index (κ2) is 3.80. The van der Waals surface area contributed by atoms with Crippen LogP contribution in [0.2, 0.25) is 0 Å². The SMILES string of the molecule is CC1(C)OB(c2cc3[nH]cnc3cc2F)OC1(C)C. The van der Waals surface area contributed by atoms with E-state index in [-0.39, 0.29) is 5.82 Å². The van der Waals surface area contributed by atoms with E-state index < -0.39 is 18.3 Å². The molecule has 1 aliphatic heterocycles. The standard InChI is InChI=1S/C13H16BFN2O2/c1-12(2)13(3,4)19-14(18-12)8-5-10-11(6-9(8)15)17-7-16-10/h5-7H,1-4H3,(H,16,17). The van der Waals surface area contributed by atoms with Gasteiger partial charge in [0.1, 0.15) is 5.82 Å². The summed E-state index contributed by atoms with van der Waals surface area (Å²) in [6, 6.07) is 3.09. The summed E-state index contributed by atoms with van der Waals surface area (Å²) in [6.45, 7) is 7.78. The number of nitrogens with zero attached hydrogens (tertiary/aromatic N) is 1. The lowest BCUT2D eigenvalue weighted by atomic mass is 9.78. The number of H-pyrrole nitrogens is 1. The third-order valence-electron chi connectivity index (χ3n) is 4.05. The van der Waals surface area contributed by atoms with E-state index in [4.69, 9.17) is 9.31 Å². The lowest BCUT2D eigenvalue weighted by Gasteiger charge is -2.32. The quantitative estimate of drug-likeness (QED) is 0.799. The molecule has 2 aromatic rings. The van der Waals surface area contributed by atoms with Crippen LogP contribution in [-0.4, -0.2) is 28.3 Å². The van der Waals surface area contributed by atoms with Gasteiger partial charge in [-0.05, 0) is 33.8 Å². The summed E-state index contributed by atoms with van der Waals surface area (Å²) in [4.78, 5) is 6.99. The number of nitrogens with one attached hydrogen (secondary N) is 1. The molecule has 0 bridgehead atoms. The molecule has 1 aromatic heterocycles. The molecule has 2 heterocycles. The van der Waals surface area contributed by atoms with Crippen LogP contribution >= 0.6 is 0 Å². The van der Waals surface area contributed by atoms with E-state index in [1.54, 1.807) is 6.07 Å². The third kappa shape index (κ3) is 1.86. The van der Waals surface area contributed by atoms with Gasteiger partial charge in [-0.1, -0.05) is 0 Å². The Kier molecular flexibility index (Phi) is 2.53. The van der Waals surface area contributed by atoms with Crippen molar-refractivity contribution in [1.82, 2.24) is 9.97 Å². The summed E-state index contributed by atoms with van der Waals surface area (Å²) in [5, 5.41) is 0. The predicted octanol–water partition coefficient (Wildman–Crippen LogP) is 2.00. The van der Waals surface area contributed by atoms with Gasteiger partial charge in [-0.25, -0.2) is 9.37 Å². The van der Waals surface area contributed by atoms with E-state index in [0.717, 1.165) is 5.52 Å². The molecule has 100 valence electrons. The molecule has 1 fully saturated rings. The summed E-state index contributed by atoms with van der Waals surface area (Å²) >= 11 is 0. The zero-order valence-electron chi connectivity index (χ0n) is 11.5. The van der Waals surface area contributed by atoms with Crippen LogP contribution in [0, 0.1) is 5.82 Å². The molecule has 4 nitrogen and oxygen atoms in total. The molecular formula is C13H16BFN2O2. The second-order valence-electron chi connectivity index (χ2n) is 5.88. The number of hydrogen-bond donors (Lipinski definition) is 1. The molecule has 1 N–H and O–H groups in total. The van der Waals surface area contributed by atoms with Gasteiger partial charge in [0.15, 0.2) is 0 Å². The number of imidazole rings is 1. The summed E-state index contributed by atoms with van der Waals surface area (Å²) in [6.07, 6.45) is 1.54. The van der Waals surface area contributed by atoms with Crippen molar-refractivity contribution < 1.29 is 13.7 Å². The highest BCUT2D eigenvalue weighted by molar-refractivity contribution is 6.62. The molecule has 19 heavy (non-hydrogen) atoms. The molecule has 1 aromatic carbocycles. The normalized spacial score (nSPS) is 21.2. The van der Waals surface area contributed by atoms with Gasteiger partial charge in [0.2, 0.25) is 0 Å². The van der Waals surface area contributed by atoms with E-state index >= 15 is 0 Å². The van der Waals surface area contributed by atoms with Gasteiger partial charge in [-0.2, -0.15) is 0 Å². The molecular weight excluding hydrogens is 246 g/mol. The first-order chi connectivity index (χ1) is 8.80. The van der Waals surface area contributed by atoms with Crippen molar-refractivity contribution in [2.75, 3.05) is 0 Å². The van der Waals surface area contributed by atoms with Gasteiger partial charge in [0.05, 0.1) is 28.6 Å². The maximum atomic E-state index is 14.1. The molecule has 1 aliphatic rings. The van der Waals surface area contributed by atoms with Crippen molar-refractivity contribution >= 4 is 23.6 Å². The fourth-order valence-electron chi connectivity index (χ4n) is 2.12. The maximum absolute atomic E-state index is 14.1. The summed E-state index contributed by atoms with van der Waals surface area (Å²) in [7, 11) is -0.697. The minimum absolute atomic E-state index is 0.363. The topological polar surface area (TPSA) is 47.1 Å². The highest BCUT2D eigenvalue weighted by atomic mass is 19.1. The van der Waals surface area contributed by atoms with Crippen LogP contribution in [0.4, 0.5) is 4.39 Å². The number of aromatic amines is 1. The van der Waals surface area contributed by atoms with E-state index in [9.17, 15) is 4.39 Å². The molecule has 0 aliphatic carbocycles. The van der Waals surface area contributed by atoms with Gasteiger partial charge in [0, 0.05) is 11.5 Å². The average molecular weight is 262 g/mol. The van der Waals surface area contributed by atoms with Crippen LogP contribution in [-0.2, 0) is 9.31 Å². The van der Waals surface area contributed by atoms with Crippen molar-refractivity contribution in [3.63, 3.8) is 0 Å². The Morgan fingerprint density at radius 2 is 1.79 bits per heavy atom. The van der Waals surface area contributed by atoms with Crippen molar-refractivity contribution in [2.24, 2.45) is 0 Å². The van der Waals surface area contributed by atoms with Gasteiger partial charge >= 0.3 is 7.12 Å². The lowest BCUT2D eigenvalue weighted by Crippen LogP contribution is -2.41. The van der Waals surface area contributed by atoms with Gasteiger partial charge < -0.3 is 14.3 Å². The molecule has 0 atom stereocenters. The highest BCUT2D eigenvalue weighted by Crippen LogP contribution is 2.36. The third-order valence-corrected chi connectivity index (χ3v) is 4.05. The monoisotopic (exact) mass is 262 g/mol. The van der Waals surface area contributed by atoms with Crippen LogP contribution in [0.1, 0.15) is 27.7 Å². The zero-order valence-corrected chi connectivity index (χ0v) is 11.5. The van der Waals surface area contributed by atoms with E-state index in [2.05, 4.69) is 9.97 Å². The van der Waals surface area contributed by atoms with Crippen molar-refractivity contribution in [1.29, 1.82) is 0 Å². The Hall–Kier alpha value is -1.40. The first-order valence-electron chi connectivity index (χ1n) is 6.28.